The number of benzene rings is 1. The minimum atomic E-state index is -0.297. The molecule has 0 fully saturated rings. The van der Waals surface area contributed by atoms with Crippen molar-refractivity contribution >= 4 is 22.4 Å². The van der Waals surface area contributed by atoms with Crippen molar-refractivity contribution in [1.82, 2.24) is 20.1 Å². The lowest BCUT2D eigenvalue weighted by Gasteiger charge is -2.00. The molecule has 1 aromatic carbocycles. The van der Waals surface area contributed by atoms with Gasteiger partial charge in [-0.05, 0) is 49.7 Å². The van der Waals surface area contributed by atoms with E-state index in [1.165, 1.54) is 23.5 Å². The first kappa shape index (κ1) is 19.8. The Labute approximate surface area is 176 Å². The molecule has 0 spiro atoms. The first-order chi connectivity index (χ1) is 14.6. The average molecular weight is 423 g/mol. The molecule has 152 valence electrons. The third-order valence-corrected chi connectivity index (χ3v) is 5.23. The van der Waals surface area contributed by atoms with Gasteiger partial charge >= 0.3 is 0 Å². The summed E-state index contributed by atoms with van der Waals surface area (Å²) in [5.41, 5.74) is 2.33. The van der Waals surface area contributed by atoms with Crippen LogP contribution in [0.3, 0.4) is 0 Å². The number of thiazole rings is 1. The maximum Gasteiger partial charge on any atom is 0.226 e. The van der Waals surface area contributed by atoms with Gasteiger partial charge in [0.2, 0.25) is 17.6 Å². The van der Waals surface area contributed by atoms with E-state index in [2.05, 4.69) is 25.4 Å². The highest BCUT2D eigenvalue weighted by Gasteiger charge is 2.13. The van der Waals surface area contributed by atoms with Crippen LogP contribution in [0.25, 0.3) is 22.6 Å². The zero-order valence-electron chi connectivity index (χ0n) is 16.1. The molecule has 0 radical (unpaired) electrons. The maximum absolute atomic E-state index is 13.1. The minimum absolute atomic E-state index is 0.138. The van der Waals surface area contributed by atoms with Gasteiger partial charge in [0.15, 0.2) is 5.13 Å². The number of aromatic nitrogens is 4. The van der Waals surface area contributed by atoms with Crippen molar-refractivity contribution in [2.75, 3.05) is 5.32 Å². The number of pyridine rings is 1. The second-order valence-corrected chi connectivity index (χ2v) is 7.79. The van der Waals surface area contributed by atoms with Gasteiger partial charge < -0.3 is 9.84 Å². The number of nitrogens with one attached hydrogen (secondary N) is 1. The van der Waals surface area contributed by atoms with Crippen LogP contribution in [-0.2, 0) is 11.2 Å². The minimum Gasteiger partial charge on any atom is -0.339 e. The van der Waals surface area contributed by atoms with Gasteiger partial charge in [-0.1, -0.05) is 5.16 Å². The molecule has 9 heteroatoms. The quantitative estimate of drug-likeness (QED) is 0.464. The molecule has 30 heavy (non-hydrogen) atoms. The SMILES string of the molecule is Cc1sc(NC(=O)CCCc2nc(-c3cccnc3)no2)nc1-c1ccc(F)cc1. The van der Waals surface area contributed by atoms with Crippen molar-refractivity contribution in [3.05, 3.63) is 65.4 Å². The smallest absolute Gasteiger partial charge is 0.226 e. The van der Waals surface area contributed by atoms with Crippen LogP contribution < -0.4 is 5.32 Å². The summed E-state index contributed by atoms with van der Waals surface area (Å²) in [4.78, 5) is 26.0. The van der Waals surface area contributed by atoms with Crippen LogP contribution in [0.4, 0.5) is 9.52 Å². The summed E-state index contributed by atoms with van der Waals surface area (Å²) in [7, 11) is 0. The predicted molar refractivity (Wildman–Crippen MR) is 111 cm³/mol. The summed E-state index contributed by atoms with van der Waals surface area (Å²) in [6, 6.07) is 9.79. The largest absolute Gasteiger partial charge is 0.339 e. The highest BCUT2D eigenvalue weighted by Crippen LogP contribution is 2.30. The van der Waals surface area contributed by atoms with Gasteiger partial charge in [0.05, 0.1) is 5.69 Å². The Morgan fingerprint density at radius 2 is 2.00 bits per heavy atom. The summed E-state index contributed by atoms with van der Waals surface area (Å²) in [6.07, 6.45) is 4.71. The number of aryl methyl sites for hydroxylation is 2. The number of carbonyl (C=O) groups is 1. The lowest BCUT2D eigenvalue weighted by molar-refractivity contribution is -0.116. The van der Waals surface area contributed by atoms with E-state index in [4.69, 9.17) is 4.52 Å². The van der Waals surface area contributed by atoms with Crippen molar-refractivity contribution in [2.45, 2.75) is 26.2 Å². The van der Waals surface area contributed by atoms with Gasteiger partial charge in [0.25, 0.3) is 0 Å². The zero-order valence-corrected chi connectivity index (χ0v) is 16.9. The van der Waals surface area contributed by atoms with Gasteiger partial charge in [0.1, 0.15) is 5.82 Å². The van der Waals surface area contributed by atoms with Crippen molar-refractivity contribution in [3.8, 4) is 22.6 Å². The van der Waals surface area contributed by atoms with Gasteiger partial charge in [-0.15, -0.1) is 11.3 Å². The monoisotopic (exact) mass is 423 g/mol. The molecule has 0 atom stereocenters. The molecule has 0 aliphatic rings. The molecule has 4 aromatic rings. The van der Waals surface area contributed by atoms with Gasteiger partial charge in [-0.3, -0.25) is 9.78 Å². The number of anilines is 1. The number of nitrogens with zero attached hydrogens (tertiary/aromatic N) is 4. The molecular weight excluding hydrogens is 405 g/mol. The molecular formula is C21H18FN5O2S. The lowest BCUT2D eigenvalue weighted by atomic mass is 10.1. The van der Waals surface area contributed by atoms with E-state index in [0.717, 1.165) is 21.7 Å². The van der Waals surface area contributed by atoms with Gasteiger partial charge in [-0.25, -0.2) is 9.37 Å². The second-order valence-electron chi connectivity index (χ2n) is 6.59. The third-order valence-electron chi connectivity index (χ3n) is 4.34. The Hall–Kier alpha value is -3.46. The molecule has 0 aliphatic heterocycles. The van der Waals surface area contributed by atoms with E-state index in [-0.39, 0.29) is 11.7 Å². The van der Waals surface area contributed by atoms with Crippen LogP contribution in [0.1, 0.15) is 23.6 Å². The molecule has 0 unspecified atom stereocenters. The molecule has 1 amide bonds. The topological polar surface area (TPSA) is 93.8 Å². The Morgan fingerprint density at radius 1 is 1.17 bits per heavy atom. The predicted octanol–water partition coefficient (Wildman–Crippen LogP) is 4.66. The fraction of sp³-hybridized carbons (Fsp3) is 0.190. The molecule has 0 bridgehead atoms. The molecule has 1 N–H and O–H groups in total. The third kappa shape index (κ3) is 4.74. The van der Waals surface area contributed by atoms with Crippen LogP contribution in [0.5, 0.6) is 0 Å². The fourth-order valence-corrected chi connectivity index (χ4v) is 3.73. The van der Waals surface area contributed by atoms with Crippen LogP contribution in [0.15, 0.2) is 53.3 Å². The van der Waals surface area contributed by atoms with Crippen LogP contribution in [0.2, 0.25) is 0 Å². The van der Waals surface area contributed by atoms with E-state index >= 15 is 0 Å². The van der Waals surface area contributed by atoms with Crippen LogP contribution in [-0.4, -0.2) is 26.0 Å². The standard InChI is InChI=1S/C21H18FN5O2S/c1-13-19(14-7-9-16(22)10-8-14)26-21(30-13)24-17(28)5-2-6-18-25-20(27-29-18)15-4-3-11-23-12-15/h3-4,7-12H,2,5-6H2,1H3,(H,24,26,28). The number of hydrogen-bond acceptors (Lipinski definition) is 7. The highest BCUT2D eigenvalue weighted by atomic mass is 32.1. The summed E-state index contributed by atoms with van der Waals surface area (Å²) < 4.78 is 18.4. The first-order valence-corrected chi connectivity index (χ1v) is 10.2. The van der Waals surface area contributed by atoms with Gasteiger partial charge in [-0.2, -0.15) is 4.98 Å². The molecule has 3 aromatic heterocycles. The number of halogens is 1. The summed E-state index contributed by atoms with van der Waals surface area (Å²) in [6.45, 7) is 1.92. The summed E-state index contributed by atoms with van der Waals surface area (Å²) in [5, 5.41) is 7.28. The van der Waals surface area contributed by atoms with Crippen molar-refractivity contribution in [3.63, 3.8) is 0 Å². The van der Waals surface area contributed by atoms with Crippen molar-refractivity contribution < 1.29 is 13.7 Å². The van der Waals surface area contributed by atoms with E-state index < -0.39 is 0 Å². The lowest BCUT2D eigenvalue weighted by Crippen LogP contribution is -2.11. The van der Waals surface area contributed by atoms with E-state index in [1.54, 1.807) is 30.6 Å². The van der Waals surface area contributed by atoms with Gasteiger partial charge in [0, 0.05) is 41.2 Å². The van der Waals surface area contributed by atoms with E-state index in [1.807, 2.05) is 13.0 Å². The molecule has 7 nitrogen and oxygen atoms in total. The molecule has 0 saturated carbocycles. The normalized spacial score (nSPS) is 10.9. The first-order valence-electron chi connectivity index (χ1n) is 9.34. The van der Waals surface area contributed by atoms with Crippen LogP contribution in [0, 0.1) is 12.7 Å². The second kappa shape index (κ2) is 8.91. The summed E-state index contributed by atoms with van der Waals surface area (Å²) in [5.74, 6) is 0.523. The van der Waals surface area contributed by atoms with E-state index in [9.17, 15) is 9.18 Å². The van der Waals surface area contributed by atoms with Crippen molar-refractivity contribution in [1.29, 1.82) is 0 Å². The summed E-state index contributed by atoms with van der Waals surface area (Å²) >= 11 is 1.39. The maximum atomic E-state index is 13.1. The number of rotatable bonds is 7. The van der Waals surface area contributed by atoms with E-state index in [0.29, 0.717) is 36.1 Å². The molecule has 3 heterocycles. The Balaban J connectivity index is 1.30. The molecule has 4 rings (SSSR count). The Kier molecular flexibility index (Phi) is 5.89. The number of hydrogen-bond donors (Lipinski definition) is 1. The number of amides is 1. The average Bonchev–Trinajstić information content (AvgIpc) is 3.36. The molecule has 0 aliphatic carbocycles. The molecule has 0 saturated heterocycles. The van der Waals surface area contributed by atoms with Crippen molar-refractivity contribution in [2.24, 2.45) is 0 Å². The Morgan fingerprint density at radius 3 is 2.77 bits per heavy atom. The number of carbonyl (C=O) groups excluding carboxylic acids is 1. The fourth-order valence-electron chi connectivity index (χ4n) is 2.88. The van der Waals surface area contributed by atoms with Crippen LogP contribution >= 0.6 is 11.3 Å². The zero-order chi connectivity index (χ0) is 20.9. The highest BCUT2D eigenvalue weighted by molar-refractivity contribution is 7.16. The Bertz CT molecular complexity index is 1140.